The van der Waals surface area contributed by atoms with Gasteiger partial charge < -0.3 is 15.3 Å². The molecule has 24 heavy (non-hydrogen) atoms. The van der Waals surface area contributed by atoms with Gasteiger partial charge in [-0.1, -0.05) is 27.7 Å². The van der Waals surface area contributed by atoms with E-state index >= 15 is 0 Å². The van der Waals surface area contributed by atoms with E-state index in [0.29, 0.717) is 11.8 Å². The number of phenolic OH excluding ortho intramolecular Hbond substituents is 2. The van der Waals surface area contributed by atoms with Crippen LogP contribution in [0.1, 0.15) is 64.5 Å². The van der Waals surface area contributed by atoms with Gasteiger partial charge in [-0.05, 0) is 66.4 Å². The van der Waals surface area contributed by atoms with E-state index < -0.39 is 0 Å². The summed E-state index contributed by atoms with van der Waals surface area (Å²) in [6.07, 6.45) is 4.74. The van der Waals surface area contributed by atoms with Crippen LogP contribution >= 0.6 is 0 Å². The van der Waals surface area contributed by atoms with E-state index in [0.717, 1.165) is 43.2 Å². The first kappa shape index (κ1) is 16.3. The standard InChI is InChI=1S/C21H30O3/c1-19(2)15-5-7-21(4)16(20(15,3)8-6-17(19)24)10-12-9-13(22)11-14(23)18(12)21/h9,11,15-17,22-24H,5-8,10H2,1-4H3/t15-,16?,17?,20?,21?/m0/s1. The lowest BCUT2D eigenvalue weighted by atomic mass is 9.43. The Morgan fingerprint density at radius 3 is 2.38 bits per heavy atom. The molecule has 3 aliphatic rings. The van der Waals surface area contributed by atoms with Crippen LogP contribution in [0.4, 0.5) is 0 Å². The van der Waals surface area contributed by atoms with Gasteiger partial charge in [0, 0.05) is 17.0 Å². The smallest absolute Gasteiger partial charge is 0.123 e. The third-order valence-electron chi connectivity index (χ3n) is 8.21. The zero-order valence-electron chi connectivity index (χ0n) is 15.3. The van der Waals surface area contributed by atoms with E-state index in [2.05, 4.69) is 27.7 Å². The highest BCUT2D eigenvalue weighted by atomic mass is 16.3. The van der Waals surface area contributed by atoms with Crippen molar-refractivity contribution in [2.45, 2.75) is 71.3 Å². The summed E-state index contributed by atoms with van der Waals surface area (Å²) >= 11 is 0. The second-order valence-corrected chi connectivity index (χ2v) is 9.65. The number of benzene rings is 1. The van der Waals surface area contributed by atoms with Gasteiger partial charge in [0.25, 0.3) is 0 Å². The zero-order chi connectivity index (χ0) is 17.5. The van der Waals surface area contributed by atoms with Crippen LogP contribution < -0.4 is 0 Å². The van der Waals surface area contributed by atoms with Crippen molar-refractivity contribution in [3.05, 3.63) is 23.3 Å². The molecular weight excluding hydrogens is 300 g/mol. The first-order valence-corrected chi connectivity index (χ1v) is 9.34. The van der Waals surface area contributed by atoms with Crippen LogP contribution in [0, 0.1) is 22.7 Å². The second-order valence-electron chi connectivity index (χ2n) is 9.65. The van der Waals surface area contributed by atoms with E-state index in [1.165, 1.54) is 6.07 Å². The predicted molar refractivity (Wildman–Crippen MR) is 94.2 cm³/mol. The van der Waals surface area contributed by atoms with Crippen molar-refractivity contribution in [1.29, 1.82) is 0 Å². The van der Waals surface area contributed by atoms with Gasteiger partial charge in [0.2, 0.25) is 0 Å². The summed E-state index contributed by atoms with van der Waals surface area (Å²) in [6.45, 7) is 9.18. The van der Waals surface area contributed by atoms with E-state index in [9.17, 15) is 15.3 Å². The quantitative estimate of drug-likeness (QED) is 0.670. The fraction of sp³-hybridized carbons (Fsp3) is 0.714. The van der Waals surface area contributed by atoms with Crippen molar-refractivity contribution in [2.24, 2.45) is 22.7 Å². The highest BCUT2D eigenvalue weighted by Crippen LogP contribution is 2.68. The minimum atomic E-state index is -0.221. The Kier molecular flexibility index (Phi) is 3.18. The molecule has 0 bridgehead atoms. The van der Waals surface area contributed by atoms with Crippen LogP contribution in [0.25, 0.3) is 0 Å². The highest BCUT2D eigenvalue weighted by molar-refractivity contribution is 5.54. The Morgan fingerprint density at radius 1 is 0.958 bits per heavy atom. The minimum absolute atomic E-state index is 0.0310. The second kappa shape index (κ2) is 4.69. The lowest BCUT2D eigenvalue weighted by Crippen LogP contribution is -2.58. The summed E-state index contributed by atoms with van der Waals surface area (Å²) in [5, 5.41) is 31.0. The van der Waals surface area contributed by atoms with Crippen molar-refractivity contribution in [2.75, 3.05) is 0 Å². The van der Waals surface area contributed by atoms with Gasteiger partial charge in [-0.15, -0.1) is 0 Å². The first-order valence-electron chi connectivity index (χ1n) is 9.34. The monoisotopic (exact) mass is 330 g/mol. The maximum Gasteiger partial charge on any atom is 0.123 e. The van der Waals surface area contributed by atoms with Crippen LogP contribution in [-0.2, 0) is 11.8 Å². The molecule has 3 aliphatic carbocycles. The summed E-state index contributed by atoms with van der Waals surface area (Å²) < 4.78 is 0. The number of fused-ring (bicyclic) bond motifs is 5. The van der Waals surface area contributed by atoms with Gasteiger partial charge in [0.1, 0.15) is 11.5 Å². The van der Waals surface area contributed by atoms with Crippen LogP contribution in [0.2, 0.25) is 0 Å². The number of hydrogen-bond donors (Lipinski definition) is 3. The molecule has 132 valence electrons. The van der Waals surface area contributed by atoms with Gasteiger partial charge in [0.05, 0.1) is 6.10 Å². The molecule has 2 saturated carbocycles. The molecule has 0 radical (unpaired) electrons. The Bertz CT molecular complexity index is 695. The molecule has 0 amide bonds. The third kappa shape index (κ3) is 1.82. The molecule has 1 aromatic rings. The number of aromatic hydroxyl groups is 2. The normalized spacial score (nSPS) is 43.0. The van der Waals surface area contributed by atoms with Crippen LogP contribution in [-0.4, -0.2) is 21.4 Å². The number of aliphatic hydroxyl groups is 1. The summed E-state index contributed by atoms with van der Waals surface area (Å²) in [6, 6.07) is 3.34. The first-order chi connectivity index (χ1) is 11.1. The molecule has 0 spiro atoms. The molecule has 3 heteroatoms. The van der Waals surface area contributed by atoms with Gasteiger partial charge in [-0.3, -0.25) is 0 Å². The molecule has 3 nitrogen and oxygen atoms in total. The van der Waals surface area contributed by atoms with Crippen molar-refractivity contribution < 1.29 is 15.3 Å². The molecule has 0 heterocycles. The van der Waals surface area contributed by atoms with Crippen molar-refractivity contribution in [1.82, 2.24) is 0 Å². The molecular formula is C21H30O3. The van der Waals surface area contributed by atoms with Crippen LogP contribution in [0.3, 0.4) is 0 Å². The molecule has 4 rings (SSSR count). The minimum Gasteiger partial charge on any atom is -0.508 e. The van der Waals surface area contributed by atoms with Crippen LogP contribution in [0.15, 0.2) is 12.1 Å². The predicted octanol–water partition coefficient (Wildman–Crippen LogP) is 4.13. The van der Waals surface area contributed by atoms with Gasteiger partial charge in [-0.2, -0.15) is 0 Å². The Morgan fingerprint density at radius 2 is 1.67 bits per heavy atom. The largest absolute Gasteiger partial charge is 0.508 e. The summed E-state index contributed by atoms with van der Waals surface area (Å²) in [5.74, 6) is 1.37. The lowest BCUT2D eigenvalue weighted by Gasteiger charge is -2.62. The Balaban J connectivity index is 1.83. The van der Waals surface area contributed by atoms with Crippen molar-refractivity contribution >= 4 is 0 Å². The van der Waals surface area contributed by atoms with Gasteiger partial charge in [0.15, 0.2) is 0 Å². The molecule has 1 aromatic carbocycles. The molecule has 3 N–H and O–H groups in total. The summed E-state index contributed by atoms with van der Waals surface area (Å²) in [5.41, 5.74) is 2.25. The number of aliphatic hydroxyl groups excluding tert-OH is 1. The van der Waals surface area contributed by atoms with Gasteiger partial charge >= 0.3 is 0 Å². The molecule has 0 aliphatic heterocycles. The average Bonchev–Trinajstić information content (AvgIpc) is 2.77. The fourth-order valence-electron chi connectivity index (χ4n) is 7.01. The molecule has 0 aromatic heterocycles. The zero-order valence-corrected chi connectivity index (χ0v) is 15.3. The highest BCUT2D eigenvalue weighted by Gasteiger charge is 2.63. The molecule has 4 unspecified atom stereocenters. The molecule has 0 saturated heterocycles. The van der Waals surface area contributed by atoms with E-state index in [4.69, 9.17) is 0 Å². The maximum atomic E-state index is 10.6. The third-order valence-corrected chi connectivity index (χ3v) is 8.21. The SMILES string of the molecule is CC12CC[C@H]3C(C)(C)C(O)CCC3(C)C1Cc1cc(O)cc(O)c12. The van der Waals surface area contributed by atoms with Gasteiger partial charge in [-0.25, -0.2) is 0 Å². The Labute approximate surface area is 144 Å². The number of rotatable bonds is 0. The lowest BCUT2D eigenvalue weighted by molar-refractivity contribution is -0.151. The maximum absolute atomic E-state index is 10.6. The number of phenols is 2. The number of hydrogen-bond acceptors (Lipinski definition) is 3. The average molecular weight is 330 g/mol. The fourth-order valence-corrected chi connectivity index (χ4v) is 7.01. The van der Waals surface area contributed by atoms with Crippen LogP contribution in [0.5, 0.6) is 11.5 Å². The summed E-state index contributed by atoms with van der Waals surface area (Å²) in [4.78, 5) is 0. The molecule has 2 fully saturated rings. The van der Waals surface area contributed by atoms with E-state index in [1.54, 1.807) is 0 Å². The van der Waals surface area contributed by atoms with Crippen molar-refractivity contribution in [3.63, 3.8) is 0 Å². The molecule has 5 atom stereocenters. The van der Waals surface area contributed by atoms with E-state index in [-0.39, 0.29) is 33.8 Å². The Hall–Kier alpha value is -1.22. The van der Waals surface area contributed by atoms with Crippen molar-refractivity contribution in [3.8, 4) is 11.5 Å². The summed E-state index contributed by atoms with van der Waals surface area (Å²) in [7, 11) is 0. The van der Waals surface area contributed by atoms with E-state index in [1.807, 2.05) is 6.07 Å². The topological polar surface area (TPSA) is 60.7 Å².